The predicted molar refractivity (Wildman–Crippen MR) is 76.2 cm³/mol. The van der Waals surface area contributed by atoms with Crippen molar-refractivity contribution >= 4 is 11.5 Å². The number of aliphatic hydroxyl groups excluding tert-OH is 1. The number of hydrogen-bond acceptors (Lipinski definition) is 4. The van der Waals surface area contributed by atoms with Crippen molar-refractivity contribution in [2.45, 2.75) is 46.5 Å². The van der Waals surface area contributed by atoms with Crippen LogP contribution in [0.25, 0.3) is 0 Å². The molecule has 0 amide bonds. The molecule has 4 heteroatoms. The van der Waals surface area contributed by atoms with Gasteiger partial charge in [-0.3, -0.25) is 4.79 Å². The molecule has 0 bridgehead atoms. The van der Waals surface area contributed by atoms with Crippen molar-refractivity contribution in [3.63, 3.8) is 0 Å². The number of Topliss-reactive ketones (excluding diaryl/α,β-unsaturated/α-hetero) is 1. The van der Waals surface area contributed by atoms with E-state index in [0.29, 0.717) is 37.2 Å². The Morgan fingerprint density at radius 3 is 2.74 bits per heavy atom. The van der Waals surface area contributed by atoms with E-state index in [9.17, 15) is 9.90 Å². The molecule has 0 fully saturated rings. The van der Waals surface area contributed by atoms with Gasteiger partial charge in [-0.2, -0.15) is 0 Å². The summed E-state index contributed by atoms with van der Waals surface area (Å²) < 4.78 is 0. The Hall–Kier alpha value is -1.58. The standard InChI is InChI=1S/C15H23NO3/c1-4-7-11-9-13(17)15(14(18)10-11)12(8-5-2)16-19-6-3/h4,7,11,17H,5-6,8-10H2,1-3H3/b7-4-,16-12?. The van der Waals surface area contributed by atoms with Crippen molar-refractivity contribution in [2.75, 3.05) is 6.61 Å². The molecule has 19 heavy (non-hydrogen) atoms. The fourth-order valence-electron chi connectivity index (χ4n) is 2.26. The van der Waals surface area contributed by atoms with E-state index in [1.165, 1.54) is 0 Å². The number of allylic oxidation sites excluding steroid dienone is 4. The molecule has 0 spiro atoms. The van der Waals surface area contributed by atoms with Gasteiger partial charge in [0.2, 0.25) is 0 Å². The molecule has 106 valence electrons. The van der Waals surface area contributed by atoms with Crippen molar-refractivity contribution in [1.82, 2.24) is 0 Å². The molecular formula is C15H23NO3. The Morgan fingerprint density at radius 1 is 1.47 bits per heavy atom. The van der Waals surface area contributed by atoms with Gasteiger partial charge in [0.15, 0.2) is 5.78 Å². The number of ketones is 1. The number of carbonyl (C=O) groups is 1. The molecule has 0 aliphatic heterocycles. The summed E-state index contributed by atoms with van der Waals surface area (Å²) >= 11 is 0. The molecule has 0 saturated carbocycles. The van der Waals surface area contributed by atoms with Crippen LogP contribution in [-0.2, 0) is 9.63 Å². The van der Waals surface area contributed by atoms with Crippen LogP contribution in [0.3, 0.4) is 0 Å². The molecule has 1 aliphatic rings. The van der Waals surface area contributed by atoms with E-state index in [1.54, 1.807) is 0 Å². The van der Waals surface area contributed by atoms with Crippen LogP contribution in [0.15, 0.2) is 28.6 Å². The lowest BCUT2D eigenvalue weighted by Gasteiger charge is -2.21. The maximum atomic E-state index is 12.2. The minimum Gasteiger partial charge on any atom is -0.511 e. The van der Waals surface area contributed by atoms with Gasteiger partial charge < -0.3 is 9.94 Å². The van der Waals surface area contributed by atoms with Crippen LogP contribution >= 0.6 is 0 Å². The second-order valence-electron chi connectivity index (χ2n) is 4.64. The van der Waals surface area contributed by atoms with Gasteiger partial charge in [0.1, 0.15) is 12.4 Å². The number of rotatable bonds is 6. The van der Waals surface area contributed by atoms with Crippen LogP contribution in [0.5, 0.6) is 0 Å². The van der Waals surface area contributed by atoms with Gasteiger partial charge in [-0.25, -0.2) is 0 Å². The average Bonchev–Trinajstić information content (AvgIpc) is 2.35. The molecule has 1 aliphatic carbocycles. The summed E-state index contributed by atoms with van der Waals surface area (Å²) in [6.45, 7) is 6.22. The second kappa shape index (κ2) is 7.77. The second-order valence-corrected chi connectivity index (χ2v) is 4.64. The minimum absolute atomic E-state index is 0.0428. The van der Waals surface area contributed by atoms with Crippen molar-refractivity contribution in [3.05, 3.63) is 23.5 Å². The molecule has 0 radical (unpaired) electrons. The van der Waals surface area contributed by atoms with Crippen molar-refractivity contribution in [2.24, 2.45) is 11.1 Å². The van der Waals surface area contributed by atoms with Gasteiger partial charge in [0.05, 0.1) is 11.3 Å². The Kier molecular flexibility index (Phi) is 6.33. The highest BCUT2D eigenvalue weighted by Crippen LogP contribution is 2.28. The highest BCUT2D eigenvalue weighted by molar-refractivity contribution is 6.23. The average molecular weight is 265 g/mol. The summed E-state index contributed by atoms with van der Waals surface area (Å²) in [5.41, 5.74) is 0.946. The van der Waals surface area contributed by atoms with Crippen molar-refractivity contribution in [3.8, 4) is 0 Å². The highest BCUT2D eigenvalue weighted by Gasteiger charge is 2.29. The third kappa shape index (κ3) is 4.23. The van der Waals surface area contributed by atoms with Crippen LogP contribution in [-0.4, -0.2) is 23.2 Å². The summed E-state index contributed by atoms with van der Waals surface area (Å²) in [6.07, 6.45) is 6.30. The Bertz CT molecular complexity index is 408. The Balaban J connectivity index is 3.01. The maximum absolute atomic E-state index is 12.2. The van der Waals surface area contributed by atoms with Crippen LogP contribution in [0.4, 0.5) is 0 Å². The number of oxime groups is 1. The van der Waals surface area contributed by atoms with Gasteiger partial charge in [-0.05, 0) is 26.2 Å². The first-order chi connectivity index (χ1) is 9.13. The molecule has 0 aromatic carbocycles. The first-order valence-electron chi connectivity index (χ1n) is 6.91. The number of aliphatic hydroxyl groups is 1. The van der Waals surface area contributed by atoms with Gasteiger partial charge in [-0.1, -0.05) is 30.7 Å². The fraction of sp³-hybridized carbons (Fsp3) is 0.600. The molecule has 1 N–H and O–H groups in total. The molecule has 0 aromatic rings. The third-order valence-corrected chi connectivity index (χ3v) is 3.01. The zero-order valence-electron chi connectivity index (χ0n) is 12.0. The van der Waals surface area contributed by atoms with Gasteiger partial charge in [0.25, 0.3) is 0 Å². The first-order valence-corrected chi connectivity index (χ1v) is 6.91. The number of hydrogen-bond donors (Lipinski definition) is 1. The molecular weight excluding hydrogens is 242 g/mol. The van der Waals surface area contributed by atoms with Crippen molar-refractivity contribution < 1.29 is 14.7 Å². The zero-order chi connectivity index (χ0) is 14.3. The minimum atomic E-state index is -0.0428. The Morgan fingerprint density at radius 2 is 2.21 bits per heavy atom. The van der Waals surface area contributed by atoms with Crippen molar-refractivity contribution in [1.29, 1.82) is 0 Å². The zero-order valence-corrected chi connectivity index (χ0v) is 12.0. The molecule has 0 heterocycles. The van der Waals surface area contributed by atoms with Crippen LogP contribution in [0, 0.1) is 5.92 Å². The van der Waals surface area contributed by atoms with Gasteiger partial charge in [0, 0.05) is 12.8 Å². The summed E-state index contributed by atoms with van der Waals surface area (Å²) in [7, 11) is 0. The van der Waals surface area contributed by atoms with E-state index in [2.05, 4.69) is 5.16 Å². The normalized spacial score (nSPS) is 21.3. The Labute approximate surface area is 114 Å². The van der Waals surface area contributed by atoms with Crippen LogP contribution < -0.4 is 0 Å². The SMILES string of the molecule is C/C=C\C1CC(=O)C(C(CCC)=NOCC)=C(O)C1. The molecule has 4 nitrogen and oxygen atoms in total. The largest absolute Gasteiger partial charge is 0.511 e. The third-order valence-electron chi connectivity index (χ3n) is 3.01. The lowest BCUT2D eigenvalue weighted by molar-refractivity contribution is -0.116. The maximum Gasteiger partial charge on any atom is 0.168 e. The van der Waals surface area contributed by atoms with Gasteiger partial charge >= 0.3 is 0 Å². The van der Waals surface area contributed by atoms with E-state index in [0.717, 1.165) is 6.42 Å². The fourth-order valence-corrected chi connectivity index (χ4v) is 2.26. The highest BCUT2D eigenvalue weighted by atomic mass is 16.6. The summed E-state index contributed by atoms with van der Waals surface area (Å²) in [6, 6.07) is 0. The van der Waals surface area contributed by atoms with E-state index < -0.39 is 0 Å². The topological polar surface area (TPSA) is 58.9 Å². The monoisotopic (exact) mass is 265 g/mol. The summed E-state index contributed by atoms with van der Waals surface area (Å²) in [4.78, 5) is 17.2. The molecule has 1 rings (SSSR count). The van der Waals surface area contributed by atoms with E-state index in [1.807, 2.05) is 32.9 Å². The van der Waals surface area contributed by atoms with Crippen LogP contribution in [0.2, 0.25) is 0 Å². The van der Waals surface area contributed by atoms with Crippen LogP contribution in [0.1, 0.15) is 46.5 Å². The lowest BCUT2D eigenvalue weighted by Crippen LogP contribution is -2.24. The lowest BCUT2D eigenvalue weighted by atomic mass is 9.84. The van der Waals surface area contributed by atoms with Gasteiger partial charge in [-0.15, -0.1) is 0 Å². The molecule has 0 saturated heterocycles. The number of nitrogens with zero attached hydrogens (tertiary/aromatic N) is 1. The molecule has 1 atom stereocenters. The molecule has 1 unspecified atom stereocenters. The quantitative estimate of drug-likeness (QED) is 0.454. The summed E-state index contributed by atoms with van der Waals surface area (Å²) in [5.74, 6) is 0.196. The number of carbonyl (C=O) groups excluding carboxylic acids is 1. The van der Waals surface area contributed by atoms with E-state index in [4.69, 9.17) is 4.84 Å². The smallest absolute Gasteiger partial charge is 0.168 e. The predicted octanol–water partition coefficient (Wildman–Crippen LogP) is 3.55. The first kappa shape index (κ1) is 15.5. The molecule has 0 aromatic heterocycles. The summed E-state index contributed by atoms with van der Waals surface area (Å²) in [5, 5.41) is 14.1. The van der Waals surface area contributed by atoms with E-state index >= 15 is 0 Å². The van der Waals surface area contributed by atoms with E-state index in [-0.39, 0.29) is 17.5 Å².